The predicted molar refractivity (Wildman–Crippen MR) is 125 cm³/mol. The lowest BCUT2D eigenvalue weighted by Gasteiger charge is -2.21. The van der Waals surface area contributed by atoms with Crippen LogP contribution in [0.15, 0.2) is 71.6 Å². The fourth-order valence-electron chi connectivity index (χ4n) is 3.54. The zero-order chi connectivity index (χ0) is 22.8. The molecule has 3 aromatic carbocycles. The molecule has 0 saturated heterocycles. The van der Waals surface area contributed by atoms with Crippen molar-refractivity contribution < 1.29 is 13.2 Å². The van der Waals surface area contributed by atoms with E-state index >= 15 is 0 Å². The molecular weight excluding hydrogens is 408 g/mol. The van der Waals surface area contributed by atoms with Crippen LogP contribution < -0.4 is 9.62 Å². The van der Waals surface area contributed by atoms with Crippen LogP contribution in [0.2, 0.25) is 0 Å². The average molecular weight is 437 g/mol. The molecule has 0 heterocycles. The number of aryl methyl sites for hydroxylation is 3. The number of amides is 1. The highest BCUT2D eigenvalue weighted by atomic mass is 32.2. The Morgan fingerprint density at radius 2 is 1.52 bits per heavy atom. The summed E-state index contributed by atoms with van der Waals surface area (Å²) in [4.78, 5) is 13.1. The summed E-state index contributed by atoms with van der Waals surface area (Å²) >= 11 is 0. The minimum Gasteiger partial charge on any atom is -0.346 e. The van der Waals surface area contributed by atoms with Crippen molar-refractivity contribution in [3.63, 3.8) is 0 Å². The number of benzene rings is 3. The van der Waals surface area contributed by atoms with Crippen molar-refractivity contribution in [3.8, 4) is 0 Å². The van der Waals surface area contributed by atoms with Crippen LogP contribution in [0.25, 0.3) is 0 Å². The number of nitrogens with zero attached hydrogens (tertiary/aromatic N) is 1. The molecule has 0 bridgehead atoms. The smallest absolute Gasteiger partial charge is 0.264 e. The predicted octanol–water partition coefficient (Wildman–Crippen LogP) is 4.93. The van der Waals surface area contributed by atoms with Crippen molar-refractivity contribution in [2.24, 2.45) is 0 Å². The minimum absolute atomic E-state index is 0.179. The van der Waals surface area contributed by atoms with Gasteiger partial charge in [-0.2, -0.15) is 0 Å². The van der Waals surface area contributed by atoms with E-state index in [4.69, 9.17) is 0 Å². The normalized spacial score (nSPS) is 12.3. The summed E-state index contributed by atoms with van der Waals surface area (Å²) in [5.41, 5.74) is 5.41. The van der Waals surface area contributed by atoms with Gasteiger partial charge in [0.1, 0.15) is 0 Å². The maximum atomic E-state index is 12.9. The number of carbonyl (C=O) groups excluding carboxylic acids is 1. The molecule has 0 radical (unpaired) electrons. The Kier molecular flexibility index (Phi) is 6.51. The molecule has 1 atom stereocenters. The number of carbonyl (C=O) groups is 1. The lowest BCUT2D eigenvalue weighted by Crippen LogP contribution is -2.29. The zero-order valence-electron chi connectivity index (χ0n) is 18.5. The SMILES string of the molecule is Cc1cc(C)c([C@@H](C)NC(=O)c2cccc(N(C)S(=O)(=O)c3ccccc3)c2)cc1C. The van der Waals surface area contributed by atoms with Crippen molar-refractivity contribution >= 4 is 21.6 Å². The first-order chi connectivity index (χ1) is 14.6. The van der Waals surface area contributed by atoms with Crippen molar-refractivity contribution in [3.05, 3.63) is 94.5 Å². The molecule has 0 aliphatic carbocycles. The van der Waals surface area contributed by atoms with E-state index in [2.05, 4.69) is 31.3 Å². The largest absolute Gasteiger partial charge is 0.346 e. The van der Waals surface area contributed by atoms with Crippen LogP contribution in [0.5, 0.6) is 0 Å². The molecule has 0 saturated carbocycles. The average Bonchev–Trinajstić information content (AvgIpc) is 2.76. The molecule has 1 amide bonds. The zero-order valence-corrected chi connectivity index (χ0v) is 19.3. The first-order valence-corrected chi connectivity index (χ1v) is 11.6. The Labute approximate surface area is 184 Å². The van der Waals surface area contributed by atoms with Gasteiger partial charge < -0.3 is 5.32 Å². The Morgan fingerprint density at radius 1 is 0.871 bits per heavy atom. The molecule has 0 aliphatic heterocycles. The second-order valence-corrected chi connectivity index (χ2v) is 9.79. The molecule has 0 aromatic heterocycles. The number of hydrogen-bond donors (Lipinski definition) is 1. The summed E-state index contributed by atoms with van der Waals surface area (Å²) in [5.74, 6) is -0.252. The van der Waals surface area contributed by atoms with Gasteiger partial charge in [-0.05, 0) is 80.3 Å². The minimum atomic E-state index is -3.71. The van der Waals surface area contributed by atoms with Gasteiger partial charge in [0.15, 0.2) is 0 Å². The second kappa shape index (κ2) is 8.94. The monoisotopic (exact) mass is 436 g/mol. The molecule has 0 spiro atoms. The lowest BCUT2D eigenvalue weighted by molar-refractivity contribution is 0.0940. The van der Waals surface area contributed by atoms with Crippen molar-refractivity contribution in [1.29, 1.82) is 0 Å². The van der Waals surface area contributed by atoms with E-state index in [1.165, 1.54) is 22.5 Å². The summed E-state index contributed by atoms with van der Waals surface area (Å²) in [6.07, 6.45) is 0. The standard InChI is InChI=1S/C25H28N2O3S/c1-17-14-19(3)24(15-18(17)2)20(4)26-25(28)21-10-9-11-22(16-21)27(5)31(29,30)23-12-7-6-8-13-23/h6-16,20H,1-5H3,(H,26,28)/t20-/m1/s1. The first-order valence-electron chi connectivity index (χ1n) is 10.1. The molecule has 5 nitrogen and oxygen atoms in total. The maximum Gasteiger partial charge on any atom is 0.264 e. The summed E-state index contributed by atoms with van der Waals surface area (Å²) in [6.45, 7) is 8.11. The summed E-state index contributed by atoms with van der Waals surface area (Å²) in [6, 6.07) is 18.9. The Balaban J connectivity index is 1.83. The maximum absolute atomic E-state index is 12.9. The van der Waals surface area contributed by atoms with Crippen LogP contribution in [-0.4, -0.2) is 21.4 Å². The van der Waals surface area contributed by atoms with Gasteiger partial charge in [0.2, 0.25) is 0 Å². The third kappa shape index (κ3) is 4.80. The number of nitrogens with one attached hydrogen (secondary N) is 1. The molecule has 6 heteroatoms. The first kappa shape index (κ1) is 22.6. The van der Waals surface area contributed by atoms with Gasteiger partial charge >= 0.3 is 0 Å². The summed E-state index contributed by atoms with van der Waals surface area (Å²) in [5, 5.41) is 3.03. The molecule has 3 rings (SSSR count). The van der Waals surface area contributed by atoms with E-state index in [1.54, 1.807) is 54.6 Å². The molecule has 0 unspecified atom stereocenters. The molecular formula is C25H28N2O3S. The molecule has 0 fully saturated rings. The van der Waals surface area contributed by atoms with Crippen LogP contribution >= 0.6 is 0 Å². The number of sulfonamides is 1. The van der Waals surface area contributed by atoms with E-state index in [0.29, 0.717) is 11.3 Å². The van der Waals surface area contributed by atoms with Crippen molar-refractivity contribution in [1.82, 2.24) is 5.32 Å². The highest BCUT2D eigenvalue weighted by molar-refractivity contribution is 7.92. The third-order valence-corrected chi connectivity index (χ3v) is 7.37. The molecule has 0 aliphatic rings. The van der Waals surface area contributed by atoms with Crippen molar-refractivity contribution in [2.75, 3.05) is 11.4 Å². The van der Waals surface area contributed by atoms with Crippen LogP contribution in [0.1, 0.15) is 45.6 Å². The van der Waals surface area contributed by atoms with E-state index < -0.39 is 10.0 Å². The van der Waals surface area contributed by atoms with E-state index in [0.717, 1.165) is 11.1 Å². The number of hydrogen-bond acceptors (Lipinski definition) is 3. The van der Waals surface area contributed by atoms with Gasteiger partial charge in [0, 0.05) is 12.6 Å². The van der Waals surface area contributed by atoms with E-state index in [9.17, 15) is 13.2 Å². The summed E-state index contributed by atoms with van der Waals surface area (Å²) < 4.78 is 27.0. The van der Waals surface area contributed by atoms with Gasteiger partial charge in [-0.15, -0.1) is 0 Å². The van der Waals surface area contributed by atoms with Gasteiger partial charge in [0.05, 0.1) is 16.6 Å². The van der Waals surface area contributed by atoms with Crippen LogP contribution in [0, 0.1) is 20.8 Å². The van der Waals surface area contributed by atoms with E-state index in [-0.39, 0.29) is 16.8 Å². The quantitative estimate of drug-likeness (QED) is 0.596. The van der Waals surface area contributed by atoms with Crippen LogP contribution in [0.4, 0.5) is 5.69 Å². The van der Waals surface area contributed by atoms with Crippen LogP contribution in [-0.2, 0) is 10.0 Å². The Morgan fingerprint density at radius 3 is 2.19 bits per heavy atom. The van der Waals surface area contributed by atoms with Crippen molar-refractivity contribution in [2.45, 2.75) is 38.6 Å². The molecule has 1 N–H and O–H groups in total. The summed E-state index contributed by atoms with van der Waals surface area (Å²) in [7, 11) is -2.23. The fraction of sp³-hybridized carbons (Fsp3) is 0.240. The fourth-order valence-corrected chi connectivity index (χ4v) is 4.75. The molecule has 31 heavy (non-hydrogen) atoms. The van der Waals surface area contributed by atoms with Gasteiger partial charge in [-0.25, -0.2) is 8.42 Å². The Hall–Kier alpha value is -3.12. The molecule has 3 aromatic rings. The topological polar surface area (TPSA) is 66.5 Å². The highest BCUT2D eigenvalue weighted by Crippen LogP contribution is 2.24. The van der Waals surface area contributed by atoms with Gasteiger partial charge in [0.25, 0.3) is 15.9 Å². The van der Waals surface area contributed by atoms with E-state index in [1.807, 2.05) is 13.8 Å². The van der Waals surface area contributed by atoms with Gasteiger partial charge in [-0.1, -0.05) is 36.4 Å². The van der Waals surface area contributed by atoms with Crippen LogP contribution in [0.3, 0.4) is 0 Å². The lowest BCUT2D eigenvalue weighted by atomic mass is 9.96. The number of rotatable bonds is 6. The third-order valence-electron chi connectivity index (χ3n) is 5.57. The molecule has 162 valence electrons. The van der Waals surface area contributed by atoms with Gasteiger partial charge in [-0.3, -0.25) is 9.10 Å². The second-order valence-electron chi connectivity index (χ2n) is 7.82. The highest BCUT2D eigenvalue weighted by Gasteiger charge is 2.22. The Bertz CT molecular complexity index is 1200. The number of anilines is 1.